The highest BCUT2D eigenvalue weighted by Crippen LogP contribution is 2.26. The summed E-state index contributed by atoms with van der Waals surface area (Å²) < 4.78 is 0. The van der Waals surface area contributed by atoms with Crippen LogP contribution < -0.4 is 0 Å². The van der Waals surface area contributed by atoms with Crippen molar-refractivity contribution in [2.75, 3.05) is 13.1 Å². The SMILES string of the molecule is CC1CN(C(=O)C(O)c2ccccc2)CC1C(=O)O. The molecule has 1 amide bonds. The van der Waals surface area contributed by atoms with Gasteiger partial charge < -0.3 is 15.1 Å². The quantitative estimate of drug-likeness (QED) is 0.849. The Morgan fingerprint density at radius 2 is 1.89 bits per heavy atom. The summed E-state index contributed by atoms with van der Waals surface area (Å²) in [5.74, 6) is -1.96. The maximum absolute atomic E-state index is 12.1. The van der Waals surface area contributed by atoms with Crippen LogP contribution in [0.4, 0.5) is 0 Å². The first-order chi connectivity index (χ1) is 9.00. The Morgan fingerprint density at radius 1 is 1.26 bits per heavy atom. The monoisotopic (exact) mass is 263 g/mol. The zero-order chi connectivity index (χ0) is 14.0. The molecule has 0 aromatic heterocycles. The van der Waals surface area contributed by atoms with E-state index >= 15 is 0 Å². The molecular formula is C14H17NO4. The van der Waals surface area contributed by atoms with Gasteiger partial charge >= 0.3 is 5.97 Å². The lowest BCUT2D eigenvalue weighted by atomic mass is 9.99. The molecule has 1 heterocycles. The van der Waals surface area contributed by atoms with Gasteiger partial charge in [-0.25, -0.2) is 0 Å². The first kappa shape index (κ1) is 13.5. The van der Waals surface area contributed by atoms with Crippen molar-refractivity contribution in [3.63, 3.8) is 0 Å². The number of carboxylic acid groups (broad SMARTS) is 1. The number of amides is 1. The van der Waals surface area contributed by atoms with Crippen LogP contribution >= 0.6 is 0 Å². The van der Waals surface area contributed by atoms with Crippen molar-refractivity contribution in [2.24, 2.45) is 11.8 Å². The molecule has 0 aliphatic carbocycles. The molecule has 2 N–H and O–H groups in total. The van der Waals surface area contributed by atoms with Crippen LogP contribution in [-0.4, -0.2) is 40.1 Å². The van der Waals surface area contributed by atoms with Crippen molar-refractivity contribution in [2.45, 2.75) is 13.0 Å². The molecule has 1 aliphatic heterocycles. The molecule has 1 aliphatic rings. The lowest BCUT2D eigenvalue weighted by Gasteiger charge is -2.20. The third-order valence-electron chi connectivity index (χ3n) is 3.59. The fourth-order valence-electron chi connectivity index (χ4n) is 2.42. The number of hydrogen-bond donors (Lipinski definition) is 2. The van der Waals surface area contributed by atoms with E-state index in [1.54, 1.807) is 37.3 Å². The summed E-state index contributed by atoms with van der Waals surface area (Å²) in [7, 11) is 0. The fourth-order valence-corrected chi connectivity index (χ4v) is 2.42. The van der Waals surface area contributed by atoms with Crippen molar-refractivity contribution in [1.29, 1.82) is 0 Å². The van der Waals surface area contributed by atoms with E-state index in [0.717, 1.165) is 0 Å². The van der Waals surface area contributed by atoms with Crippen LogP contribution in [0.3, 0.4) is 0 Å². The van der Waals surface area contributed by atoms with Gasteiger partial charge in [-0.15, -0.1) is 0 Å². The molecule has 0 bridgehead atoms. The highest BCUT2D eigenvalue weighted by molar-refractivity contribution is 5.83. The average molecular weight is 263 g/mol. The molecule has 19 heavy (non-hydrogen) atoms. The van der Waals surface area contributed by atoms with Gasteiger partial charge in [0.1, 0.15) is 0 Å². The van der Waals surface area contributed by atoms with Crippen molar-refractivity contribution in [1.82, 2.24) is 4.90 Å². The molecule has 2 rings (SSSR count). The van der Waals surface area contributed by atoms with Crippen LogP contribution in [0.25, 0.3) is 0 Å². The van der Waals surface area contributed by atoms with E-state index in [2.05, 4.69) is 0 Å². The Bertz CT molecular complexity index is 474. The number of aliphatic hydroxyl groups excluding tert-OH is 1. The van der Waals surface area contributed by atoms with Gasteiger partial charge in [-0.3, -0.25) is 9.59 Å². The van der Waals surface area contributed by atoms with Crippen molar-refractivity contribution < 1.29 is 19.8 Å². The molecule has 1 aromatic carbocycles. The van der Waals surface area contributed by atoms with Gasteiger partial charge in [-0.05, 0) is 11.5 Å². The number of carboxylic acids is 1. The highest BCUT2D eigenvalue weighted by atomic mass is 16.4. The predicted molar refractivity (Wildman–Crippen MR) is 68.3 cm³/mol. The minimum absolute atomic E-state index is 0.0931. The minimum Gasteiger partial charge on any atom is -0.481 e. The summed E-state index contributed by atoms with van der Waals surface area (Å²) >= 11 is 0. The lowest BCUT2D eigenvalue weighted by Crippen LogP contribution is -2.34. The molecule has 102 valence electrons. The smallest absolute Gasteiger partial charge is 0.308 e. The molecule has 5 heteroatoms. The molecule has 0 radical (unpaired) electrons. The van der Waals surface area contributed by atoms with E-state index in [4.69, 9.17) is 5.11 Å². The molecule has 1 aromatic rings. The van der Waals surface area contributed by atoms with Gasteiger partial charge in [0.2, 0.25) is 0 Å². The van der Waals surface area contributed by atoms with E-state index in [-0.39, 0.29) is 12.5 Å². The average Bonchev–Trinajstić information content (AvgIpc) is 2.80. The van der Waals surface area contributed by atoms with E-state index in [9.17, 15) is 14.7 Å². The zero-order valence-corrected chi connectivity index (χ0v) is 10.7. The van der Waals surface area contributed by atoms with E-state index in [1.165, 1.54) is 4.90 Å². The second kappa shape index (κ2) is 5.40. The molecule has 3 unspecified atom stereocenters. The molecule has 3 atom stereocenters. The summed E-state index contributed by atoms with van der Waals surface area (Å²) in [5, 5.41) is 19.1. The second-order valence-electron chi connectivity index (χ2n) is 4.98. The first-order valence-corrected chi connectivity index (χ1v) is 6.25. The number of benzene rings is 1. The fraction of sp³-hybridized carbons (Fsp3) is 0.429. The Hall–Kier alpha value is -1.88. The largest absolute Gasteiger partial charge is 0.481 e. The summed E-state index contributed by atoms with van der Waals surface area (Å²) in [6.07, 6.45) is -1.22. The van der Waals surface area contributed by atoms with Gasteiger partial charge in [0, 0.05) is 13.1 Å². The van der Waals surface area contributed by atoms with Crippen LogP contribution in [0.1, 0.15) is 18.6 Å². The number of carbonyl (C=O) groups is 2. The number of likely N-dealkylation sites (tertiary alicyclic amines) is 1. The van der Waals surface area contributed by atoms with Crippen molar-refractivity contribution >= 4 is 11.9 Å². The highest BCUT2D eigenvalue weighted by Gasteiger charge is 2.38. The number of aliphatic hydroxyl groups is 1. The molecule has 0 saturated carbocycles. The first-order valence-electron chi connectivity index (χ1n) is 6.25. The molecule has 5 nitrogen and oxygen atoms in total. The molecule has 0 spiro atoms. The van der Waals surface area contributed by atoms with Crippen LogP contribution in [0.2, 0.25) is 0 Å². The number of hydrogen-bond acceptors (Lipinski definition) is 3. The second-order valence-corrected chi connectivity index (χ2v) is 4.98. The lowest BCUT2D eigenvalue weighted by molar-refractivity contribution is -0.143. The van der Waals surface area contributed by atoms with Gasteiger partial charge in [0.05, 0.1) is 5.92 Å². The summed E-state index contributed by atoms with van der Waals surface area (Å²) in [6, 6.07) is 8.66. The molecular weight excluding hydrogens is 246 g/mol. The van der Waals surface area contributed by atoms with Crippen LogP contribution in [0.15, 0.2) is 30.3 Å². The van der Waals surface area contributed by atoms with Gasteiger partial charge in [0.25, 0.3) is 5.91 Å². The maximum Gasteiger partial charge on any atom is 0.308 e. The van der Waals surface area contributed by atoms with Gasteiger partial charge in [0.15, 0.2) is 6.10 Å². The molecule has 1 fully saturated rings. The van der Waals surface area contributed by atoms with E-state index in [1.807, 2.05) is 0 Å². The molecule has 1 saturated heterocycles. The topological polar surface area (TPSA) is 77.8 Å². The zero-order valence-electron chi connectivity index (χ0n) is 10.7. The standard InChI is InChI=1S/C14H17NO4/c1-9-7-15(8-11(9)14(18)19)13(17)12(16)10-5-3-2-4-6-10/h2-6,9,11-12,16H,7-8H2,1H3,(H,18,19). The van der Waals surface area contributed by atoms with Crippen LogP contribution in [-0.2, 0) is 9.59 Å². The van der Waals surface area contributed by atoms with E-state index < -0.39 is 23.9 Å². The summed E-state index contributed by atoms with van der Waals surface area (Å²) in [4.78, 5) is 24.6. The van der Waals surface area contributed by atoms with Crippen LogP contribution in [0.5, 0.6) is 0 Å². The Balaban J connectivity index is 2.07. The number of aliphatic carboxylic acids is 1. The van der Waals surface area contributed by atoms with Gasteiger partial charge in [-0.1, -0.05) is 37.3 Å². The van der Waals surface area contributed by atoms with Crippen LogP contribution in [0, 0.1) is 11.8 Å². The normalized spacial score (nSPS) is 24.2. The predicted octanol–water partition coefficient (Wildman–Crippen LogP) is 0.899. The maximum atomic E-state index is 12.1. The summed E-state index contributed by atoms with van der Waals surface area (Å²) in [5.41, 5.74) is 0.527. The Kier molecular flexibility index (Phi) is 3.85. The van der Waals surface area contributed by atoms with E-state index in [0.29, 0.717) is 12.1 Å². The number of nitrogens with zero attached hydrogens (tertiary/aromatic N) is 1. The number of rotatable bonds is 3. The summed E-state index contributed by atoms with van der Waals surface area (Å²) in [6.45, 7) is 2.35. The minimum atomic E-state index is -1.22. The number of carbonyl (C=O) groups excluding carboxylic acids is 1. The Morgan fingerprint density at radius 3 is 2.42 bits per heavy atom. The Labute approximate surface area is 111 Å². The van der Waals surface area contributed by atoms with Gasteiger partial charge in [-0.2, -0.15) is 0 Å². The third kappa shape index (κ3) is 2.76. The third-order valence-corrected chi connectivity index (χ3v) is 3.59. The van der Waals surface area contributed by atoms with Crippen molar-refractivity contribution in [3.05, 3.63) is 35.9 Å². The van der Waals surface area contributed by atoms with Crippen molar-refractivity contribution in [3.8, 4) is 0 Å².